The van der Waals surface area contributed by atoms with Crippen LogP contribution in [-0.4, -0.2) is 22.8 Å². The zero-order chi connectivity index (χ0) is 8.20. The molecule has 0 bridgehead atoms. The average molecular weight is 188 g/mol. The Hall–Kier alpha value is 0.260. The maximum absolute atomic E-state index is 10.6. The molecule has 0 radical (unpaired) electrons. The Morgan fingerprint density at radius 3 is 2.50 bits per heavy atom. The Morgan fingerprint density at radius 2 is 2.20 bits per heavy atom. The summed E-state index contributed by atoms with van der Waals surface area (Å²) in [6.45, 7) is -2.36. The van der Waals surface area contributed by atoms with Crippen LogP contribution >= 0.6 is 6.80 Å². The third kappa shape index (κ3) is 2.90. The lowest BCUT2D eigenvalue weighted by Gasteiger charge is -2.05. The Labute approximate surface area is 61.3 Å². The highest BCUT2D eigenvalue weighted by Crippen LogP contribution is 2.45. The van der Waals surface area contributed by atoms with E-state index in [0.29, 0.717) is 0 Å². The summed E-state index contributed by atoms with van der Waals surface area (Å²) < 4.78 is 29.5. The standard InChI is InChI=1S/C3H9O5PS/c1-3-8-10(6)9(4,5)7-2/h3H2,1-2H3,(H,4,5). The minimum atomic E-state index is -4.03. The van der Waals surface area contributed by atoms with Crippen LogP contribution in [0.15, 0.2) is 0 Å². The summed E-state index contributed by atoms with van der Waals surface area (Å²) in [7, 11) is -1.24. The normalized spacial score (nSPS) is 19.9. The molecule has 5 nitrogen and oxygen atoms in total. The van der Waals surface area contributed by atoms with E-state index in [-0.39, 0.29) is 6.61 Å². The van der Waals surface area contributed by atoms with E-state index in [0.717, 1.165) is 7.11 Å². The summed E-state index contributed by atoms with van der Waals surface area (Å²) in [5, 5.41) is 0. The highest BCUT2D eigenvalue weighted by Gasteiger charge is 2.27. The molecule has 0 saturated heterocycles. The van der Waals surface area contributed by atoms with Gasteiger partial charge in [-0.15, -0.1) is 0 Å². The van der Waals surface area contributed by atoms with E-state index < -0.39 is 17.5 Å². The van der Waals surface area contributed by atoms with E-state index in [4.69, 9.17) is 4.89 Å². The van der Waals surface area contributed by atoms with Gasteiger partial charge in [0, 0.05) is 7.11 Å². The molecule has 2 atom stereocenters. The van der Waals surface area contributed by atoms with Gasteiger partial charge in [-0.05, 0) is 6.92 Å². The molecular weight excluding hydrogens is 179 g/mol. The molecule has 0 aliphatic heterocycles. The van der Waals surface area contributed by atoms with Crippen molar-refractivity contribution in [1.29, 1.82) is 0 Å². The Bertz CT molecular complexity index is 168. The van der Waals surface area contributed by atoms with Crippen molar-refractivity contribution in [3.63, 3.8) is 0 Å². The second-order valence-corrected chi connectivity index (χ2v) is 5.53. The van der Waals surface area contributed by atoms with Crippen molar-refractivity contribution in [2.24, 2.45) is 0 Å². The minimum absolute atomic E-state index is 0.112. The van der Waals surface area contributed by atoms with Crippen LogP contribution in [-0.2, 0) is 24.0 Å². The topological polar surface area (TPSA) is 72.8 Å². The molecule has 0 rings (SSSR count). The highest BCUT2D eigenvalue weighted by molar-refractivity contribution is 8.43. The maximum atomic E-state index is 10.6. The van der Waals surface area contributed by atoms with E-state index >= 15 is 0 Å². The van der Waals surface area contributed by atoms with Crippen LogP contribution in [0.1, 0.15) is 6.92 Å². The maximum Gasteiger partial charge on any atom is 0.442 e. The minimum Gasteiger partial charge on any atom is -0.313 e. The molecule has 10 heavy (non-hydrogen) atoms. The lowest BCUT2D eigenvalue weighted by atomic mass is 10.9. The summed E-state index contributed by atoms with van der Waals surface area (Å²) >= 11 is 0. The molecule has 0 aromatic heterocycles. The van der Waals surface area contributed by atoms with Crippen molar-refractivity contribution >= 4 is 17.5 Å². The SMILES string of the molecule is CCOS(=O)P(=O)(O)OC. The third-order valence-electron chi connectivity index (χ3n) is 0.638. The van der Waals surface area contributed by atoms with Crippen LogP contribution in [0.3, 0.4) is 0 Å². The van der Waals surface area contributed by atoms with Crippen molar-refractivity contribution in [3.05, 3.63) is 0 Å². The predicted octanol–water partition coefficient (Wildman–Crippen LogP) is 0.433. The van der Waals surface area contributed by atoms with Crippen LogP contribution in [0.2, 0.25) is 0 Å². The highest BCUT2D eigenvalue weighted by atomic mass is 32.8. The Kier molecular flexibility index (Phi) is 4.31. The summed E-state index contributed by atoms with van der Waals surface area (Å²) in [6.07, 6.45) is 0. The van der Waals surface area contributed by atoms with Crippen molar-refractivity contribution < 1.29 is 22.4 Å². The van der Waals surface area contributed by atoms with Gasteiger partial charge in [0.1, 0.15) is 0 Å². The van der Waals surface area contributed by atoms with E-state index in [1.807, 2.05) is 0 Å². The van der Waals surface area contributed by atoms with Gasteiger partial charge in [-0.1, -0.05) is 0 Å². The van der Waals surface area contributed by atoms with Crippen LogP contribution in [0, 0.1) is 0 Å². The van der Waals surface area contributed by atoms with Gasteiger partial charge in [0.05, 0.1) is 6.61 Å². The molecule has 0 amide bonds. The quantitative estimate of drug-likeness (QED) is 0.648. The molecular formula is C3H9O5PS. The van der Waals surface area contributed by atoms with Crippen molar-refractivity contribution in [2.45, 2.75) is 6.92 Å². The summed E-state index contributed by atoms with van der Waals surface area (Å²) in [5.41, 5.74) is 0. The monoisotopic (exact) mass is 188 g/mol. The van der Waals surface area contributed by atoms with Gasteiger partial charge in [-0.25, -0.2) is 8.77 Å². The largest absolute Gasteiger partial charge is 0.442 e. The van der Waals surface area contributed by atoms with Gasteiger partial charge in [-0.2, -0.15) is 0 Å². The van der Waals surface area contributed by atoms with E-state index in [1.165, 1.54) is 0 Å². The van der Waals surface area contributed by atoms with Crippen LogP contribution < -0.4 is 0 Å². The molecule has 0 heterocycles. The van der Waals surface area contributed by atoms with Gasteiger partial charge in [0.25, 0.3) is 10.7 Å². The van der Waals surface area contributed by atoms with Crippen LogP contribution in [0.5, 0.6) is 0 Å². The first kappa shape index (κ1) is 10.3. The zero-order valence-electron chi connectivity index (χ0n) is 5.64. The molecule has 0 aliphatic rings. The van der Waals surface area contributed by atoms with E-state index in [1.54, 1.807) is 6.92 Å². The molecule has 62 valence electrons. The third-order valence-corrected chi connectivity index (χ3v) is 3.81. The molecule has 0 aliphatic carbocycles. The molecule has 0 fully saturated rings. The van der Waals surface area contributed by atoms with Gasteiger partial charge in [-0.3, -0.25) is 4.18 Å². The fourth-order valence-electron chi connectivity index (χ4n) is 0.228. The second-order valence-electron chi connectivity index (χ2n) is 1.27. The summed E-state index contributed by atoms with van der Waals surface area (Å²) in [5.74, 6) is 0. The van der Waals surface area contributed by atoms with E-state index in [9.17, 15) is 8.77 Å². The summed E-state index contributed by atoms with van der Waals surface area (Å²) in [4.78, 5) is 8.63. The fourth-order valence-corrected chi connectivity index (χ4v) is 1.77. The molecule has 1 N–H and O–H groups in total. The lowest BCUT2D eigenvalue weighted by molar-refractivity contribution is 0.318. The number of hydrogen-bond donors (Lipinski definition) is 1. The average Bonchev–Trinajstić information content (AvgIpc) is 1.89. The van der Waals surface area contributed by atoms with Gasteiger partial charge in [0.2, 0.25) is 0 Å². The van der Waals surface area contributed by atoms with Crippen molar-refractivity contribution in [3.8, 4) is 0 Å². The smallest absolute Gasteiger partial charge is 0.313 e. The Balaban J connectivity index is 4.06. The first-order valence-corrected chi connectivity index (χ1v) is 5.74. The van der Waals surface area contributed by atoms with E-state index in [2.05, 4.69) is 8.71 Å². The van der Waals surface area contributed by atoms with Gasteiger partial charge < -0.3 is 9.42 Å². The fraction of sp³-hybridized carbons (Fsp3) is 1.00. The number of rotatable bonds is 4. The van der Waals surface area contributed by atoms with Crippen molar-refractivity contribution in [1.82, 2.24) is 0 Å². The second kappa shape index (κ2) is 4.20. The molecule has 0 aromatic rings. The molecule has 0 saturated carbocycles. The summed E-state index contributed by atoms with van der Waals surface area (Å²) in [6, 6.07) is 0. The molecule has 0 aromatic carbocycles. The first-order chi connectivity index (χ1) is 4.54. The van der Waals surface area contributed by atoms with Gasteiger partial charge >= 0.3 is 6.80 Å². The zero-order valence-corrected chi connectivity index (χ0v) is 7.35. The lowest BCUT2D eigenvalue weighted by Crippen LogP contribution is -1.98. The number of hydrogen-bond acceptors (Lipinski definition) is 4. The Morgan fingerprint density at radius 1 is 1.70 bits per heavy atom. The van der Waals surface area contributed by atoms with Crippen molar-refractivity contribution in [2.75, 3.05) is 13.7 Å². The van der Waals surface area contributed by atoms with Gasteiger partial charge in [0.15, 0.2) is 0 Å². The molecule has 0 spiro atoms. The predicted molar refractivity (Wildman–Crippen MR) is 36.6 cm³/mol. The first-order valence-electron chi connectivity index (χ1n) is 2.49. The van der Waals surface area contributed by atoms with Crippen LogP contribution in [0.4, 0.5) is 0 Å². The van der Waals surface area contributed by atoms with Crippen LogP contribution in [0.25, 0.3) is 0 Å². The molecule has 7 heteroatoms. The molecule has 2 unspecified atom stereocenters.